The molecule has 2 N–H and O–H groups in total. The van der Waals surface area contributed by atoms with Crippen LogP contribution in [0.1, 0.15) is 23.1 Å². The zero-order chi connectivity index (χ0) is 17.6. The summed E-state index contributed by atoms with van der Waals surface area (Å²) in [6.45, 7) is 3.65. The van der Waals surface area contributed by atoms with E-state index >= 15 is 0 Å². The number of rotatable bonds is 5. The van der Waals surface area contributed by atoms with Crippen molar-refractivity contribution < 1.29 is 9.59 Å². The van der Waals surface area contributed by atoms with Crippen LogP contribution in [0.15, 0.2) is 48.8 Å². The summed E-state index contributed by atoms with van der Waals surface area (Å²) in [6, 6.07) is 11.1. The van der Waals surface area contributed by atoms with Crippen molar-refractivity contribution in [2.75, 3.05) is 6.54 Å². The lowest BCUT2D eigenvalue weighted by atomic mass is 10.1. The van der Waals surface area contributed by atoms with E-state index < -0.39 is 6.04 Å². The van der Waals surface area contributed by atoms with Crippen LogP contribution in [-0.4, -0.2) is 34.4 Å². The van der Waals surface area contributed by atoms with Crippen LogP contribution in [0.3, 0.4) is 0 Å². The fourth-order valence-corrected chi connectivity index (χ4v) is 2.84. The molecule has 2 aromatic rings. The van der Waals surface area contributed by atoms with E-state index in [-0.39, 0.29) is 11.9 Å². The predicted octanol–water partition coefficient (Wildman–Crippen LogP) is 1.99. The number of carbonyl (C=O) groups is 2. The van der Waals surface area contributed by atoms with Crippen LogP contribution in [0.4, 0.5) is 4.79 Å². The Morgan fingerprint density at radius 2 is 2.04 bits per heavy atom. The normalized spacial score (nSPS) is 16.8. The molecule has 6 heteroatoms. The number of likely N-dealkylation sites (tertiary alicyclic amines) is 1. The second-order valence-electron chi connectivity index (χ2n) is 6.27. The molecule has 1 atom stereocenters. The molecular formula is C19H22N4O2. The van der Waals surface area contributed by atoms with Gasteiger partial charge < -0.3 is 15.5 Å². The Morgan fingerprint density at radius 3 is 2.76 bits per heavy atom. The number of aromatic nitrogens is 1. The lowest BCUT2D eigenvalue weighted by molar-refractivity contribution is -0.129. The quantitative estimate of drug-likeness (QED) is 0.875. The first kappa shape index (κ1) is 17.0. The van der Waals surface area contributed by atoms with Crippen molar-refractivity contribution in [3.8, 4) is 0 Å². The summed E-state index contributed by atoms with van der Waals surface area (Å²) >= 11 is 0. The average molecular weight is 338 g/mol. The number of hydrogen-bond donors (Lipinski definition) is 2. The Kier molecular flexibility index (Phi) is 5.28. The van der Waals surface area contributed by atoms with Gasteiger partial charge in [-0.05, 0) is 30.5 Å². The van der Waals surface area contributed by atoms with Gasteiger partial charge in [-0.25, -0.2) is 4.79 Å². The van der Waals surface area contributed by atoms with Crippen molar-refractivity contribution in [1.82, 2.24) is 20.5 Å². The number of amides is 3. The molecule has 0 aliphatic carbocycles. The maximum Gasteiger partial charge on any atom is 0.315 e. The van der Waals surface area contributed by atoms with Gasteiger partial charge in [0.2, 0.25) is 5.91 Å². The molecule has 0 saturated carbocycles. The van der Waals surface area contributed by atoms with Crippen LogP contribution in [0, 0.1) is 6.92 Å². The largest absolute Gasteiger partial charge is 0.336 e. The summed E-state index contributed by atoms with van der Waals surface area (Å²) in [5.74, 6) is -0.0305. The van der Waals surface area contributed by atoms with Gasteiger partial charge in [0.1, 0.15) is 6.04 Å². The first-order valence-electron chi connectivity index (χ1n) is 8.39. The first-order valence-corrected chi connectivity index (χ1v) is 8.39. The first-order chi connectivity index (χ1) is 12.1. The van der Waals surface area contributed by atoms with E-state index in [1.807, 2.05) is 43.3 Å². The number of nitrogens with one attached hydrogen (secondary N) is 2. The van der Waals surface area contributed by atoms with E-state index in [4.69, 9.17) is 0 Å². The second kappa shape index (κ2) is 7.79. The van der Waals surface area contributed by atoms with Gasteiger partial charge in [0.25, 0.3) is 0 Å². The van der Waals surface area contributed by atoms with Crippen LogP contribution in [0.25, 0.3) is 0 Å². The summed E-state index contributed by atoms with van der Waals surface area (Å²) in [4.78, 5) is 30.3. The fraction of sp³-hybridized carbons (Fsp3) is 0.316. The zero-order valence-electron chi connectivity index (χ0n) is 14.2. The predicted molar refractivity (Wildman–Crippen MR) is 94.6 cm³/mol. The van der Waals surface area contributed by atoms with E-state index in [1.165, 1.54) is 5.56 Å². The minimum absolute atomic E-state index is 0.0305. The van der Waals surface area contributed by atoms with E-state index in [1.54, 1.807) is 17.3 Å². The van der Waals surface area contributed by atoms with E-state index in [0.717, 1.165) is 11.1 Å². The summed E-state index contributed by atoms with van der Waals surface area (Å²) < 4.78 is 0. The molecule has 1 aliphatic rings. The van der Waals surface area contributed by atoms with Crippen molar-refractivity contribution in [3.63, 3.8) is 0 Å². The third-order valence-corrected chi connectivity index (χ3v) is 4.27. The molecule has 1 saturated heterocycles. The molecule has 2 heterocycles. The highest BCUT2D eigenvalue weighted by atomic mass is 16.2. The number of benzene rings is 1. The molecule has 1 aliphatic heterocycles. The molecule has 25 heavy (non-hydrogen) atoms. The van der Waals surface area contributed by atoms with Gasteiger partial charge in [0.05, 0.1) is 0 Å². The Labute approximate surface area is 147 Å². The standard InChI is InChI=1S/C19H22N4O2/c1-14-4-6-15(7-5-14)13-23-10-8-17(18(23)24)22-19(25)21-12-16-3-2-9-20-11-16/h2-7,9,11,17H,8,10,12-13H2,1H3,(H2,21,22,25)/t17-/m1/s1. The van der Waals surface area contributed by atoms with Crippen molar-refractivity contribution in [3.05, 3.63) is 65.5 Å². The van der Waals surface area contributed by atoms with Crippen molar-refractivity contribution in [2.45, 2.75) is 32.5 Å². The molecular weight excluding hydrogens is 316 g/mol. The molecule has 0 spiro atoms. The maximum atomic E-state index is 12.5. The van der Waals surface area contributed by atoms with Gasteiger partial charge in [-0.3, -0.25) is 9.78 Å². The van der Waals surface area contributed by atoms with Gasteiger partial charge in [-0.15, -0.1) is 0 Å². The topological polar surface area (TPSA) is 74.3 Å². The van der Waals surface area contributed by atoms with Crippen LogP contribution in [0.5, 0.6) is 0 Å². The van der Waals surface area contributed by atoms with E-state index in [0.29, 0.717) is 26.1 Å². The van der Waals surface area contributed by atoms with Gasteiger partial charge in [0.15, 0.2) is 0 Å². The van der Waals surface area contributed by atoms with Gasteiger partial charge in [-0.2, -0.15) is 0 Å². The van der Waals surface area contributed by atoms with Gasteiger partial charge >= 0.3 is 6.03 Å². The Balaban J connectivity index is 1.48. The fourth-order valence-electron chi connectivity index (χ4n) is 2.84. The minimum atomic E-state index is -0.459. The number of carbonyl (C=O) groups excluding carboxylic acids is 2. The van der Waals surface area contributed by atoms with Gasteiger partial charge in [-0.1, -0.05) is 35.9 Å². The molecule has 1 aromatic heterocycles. The highest BCUT2D eigenvalue weighted by Crippen LogP contribution is 2.15. The molecule has 1 fully saturated rings. The summed E-state index contributed by atoms with van der Waals surface area (Å²) in [7, 11) is 0. The Hall–Kier alpha value is -2.89. The SMILES string of the molecule is Cc1ccc(CN2CC[C@@H](NC(=O)NCc3cccnc3)C2=O)cc1. The zero-order valence-corrected chi connectivity index (χ0v) is 14.2. The van der Waals surface area contributed by atoms with Crippen LogP contribution in [-0.2, 0) is 17.9 Å². The van der Waals surface area contributed by atoms with Crippen LogP contribution in [0.2, 0.25) is 0 Å². The highest BCUT2D eigenvalue weighted by Gasteiger charge is 2.32. The van der Waals surface area contributed by atoms with E-state index in [9.17, 15) is 9.59 Å². The lowest BCUT2D eigenvalue weighted by Gasteiger charge is -2.17. The summed E-state index contributed by atoms with van der Waals surface area (Å²) in [6.07, 6.45) is 4.01. The summed E-state index contributed by atoms with van der Waals surface area (Å²) in [5.41, 5.74) is 3.21. The van der Waals surface area contributed by atoms with Crippen molar-refractivity contribution in [1.29, 1.82) is 0 Å². The van der Waals surface area contributed by atoms with Crippen LogP contribution >= 0.6 is 0 Å². The minimum Gasteiger partial charge on any atom is -0.336 e. The van der Waals surface area contributed by atoms with Crippen molar-refractivity contribution in [2.24, 2.45) is 0 Å². The molecule has 130 valence electrons. The molecule has 0 radical (unpaired) electrons. The molecule has 0 unspecified atom stereocenters. The highest BCUT2D eigenvalue weighted by molar-refractivity contribution is 5.88. The monoisotopic (exact) mass is 338 g/mol. The lowest BCUT2D eigenvalue weighted by Crippen LogP contribution is -2.45. The molecule has 1 aromatic carbocycles. The van der Waals surface area contributed by atoms with E-state index in [2.05, 4.69) is 15.6 Å². The molecule has 3 rings (SSSR count). The van der Waals surface area contributed by atoms with Crippen LogP contribution < -0.4 is 10.6 Å². The number of nitrogens with zero attached hydrogens (tertiary/aromatic N) is 2. The number of pyridine rings is 1. The number of hydrogen-bond acceptors (Lipinski definition) is 3. The average Bonchev–Trinajstić information content (AvgIpc) is 2.96. The second-order valence-corrected chi connectivity index (χ2v) is 6.27. The Morgan fingerprint density at radius 1 is 1.24 bits per heavy atom. The third-order valence-electron chi connectivity index (χ3n) is 4.27. The van der Waals surface area contributed by atoms with Crippen molar-refractivity contribution >= 4 is 11.9 Å². The number of aryl methyl sites for hydroxylation is 1. The molecule has 0 bridgehead atoms. The molecule has 3 amide bonds. The smallest absolute Gasteiger partial charge is 0.315 e. The molecule has 6 nitrogen and oxygen atoms in total. The number of urea groups is 1. The third kappa shape index (κ3) is 4.56. The Bertz CT molecular complexity index is 731. The maximum absolute atomic E-state index is 12.5. The summed E-state index contributed by atoms with van der Waals surface area (Å²) in [5, 5.41) is 5.52. The van der Waals surface area contributed by atoms with Gasteiger partial charge in [0, 0.05) is 32.0 Å².